The van der Waals surface area contributed by atoms with Crippen LogP contribution in [0.3, 0.4) is 0 Å². The van der Waals surface area contributed by atoms with Crippen molar-refractivity contribution in [2.75, 3.05) is 7.11 Å². The van der Waals surface area contributed by atoms with E-state index < -0.39 is 23.4 Å². The van der Waals surface area contributed by atoms with Gasteiger partial charge < -0.3 is 9.15 Å². The standard InChI is InChI=1S/C14H10F2O4/c1-7-5-8(10(16)6-9(7)15)13(17)11-3-4-12(20-11)14(18)19-2/h3-6H,1-2H3. The molecule has 0 atom stereocenters. The third-order valence-electron chi connectivity index (χ3n) is 2.71. The Morgan fingerprint density at radius 1 is 1.10 bits per heavy atom. The minimum atomic E-state index is -0.992. The SMILES string of the molecule is COC(=O)c1ccc(C(=O)c2cc(C)c(F)cc2F)o1. The zero-order valence-corrected chi connectivity index (χ0v) is 10.7. The lowest BCUT2D eigenvalue weighted by molar-refractivity contribution is 0.0563. The molecule has 2 rings (SSSR count). The van der Waals surface area contributed by atoms with Crippen LogP contribution >= 0.6 is 0 Å². The van der Waals surface area contributed by atoms with Gasteiger partial charge in [-0.15, -0.1) is 0 Å². The minimum absolute atomic E-state index is 0.134. The topological polar surface area (TPSA) is 56.5 Å². The van der Waals surface area contributed by atoms with Gasteiger partial charge in [-0.3, -0.25) is 4.79 Å². The van der Waals surface area contributed by atoms with Gasteiger partial charge in [0.2, 0.25) is 11.5 Å². The predicted molar refractivity (Wildman–Crippen MR) is 64.6 cm³/mol. The van der Waals surface area contributed by atoms with Gasteiger partial charge in [0.25, 0.3) is 0 Å². The molecule has 0 unspecified atom stereocenters. The maximum absolute atomic E-state index is 13.6. The molecular weight excluding hydrogens is 270 g/mol. The first-order chi connectivity index (χ1) is 9.43. The molecule has 0 saturated heterocycles. The molecule has 20 heavy (non-hydrogen) atoms. The average Bonchev–Trinajstić information content (AvgIpc) is 2.91. The number of hydrogen-bond acceptors (Lipinski definition) is 4. The quantitative estimate of drug-likeness (QED) is 0.640. The van der Waals surface area contributed by atoms with Gasteiger partial charge >= 0.3 is 5.97 Å². The van der Waals surface area contributed by atoms with Gasteiger partial charge in [0.1, 0.15) is 11.6 Å². The zero-order valence-electron chi connectivity index (χ0n) is 10.7. The van der Waals surface area contributed by atoms with Crippen LogP contribution in [0.5, 0.6) is 0 Å². The molecule has 0 saturated carbocycles. The maximum atomic E-state index is 13.6. The van der Waals surface area contributed by atoms with Crippen LogP contribution in [0.15, 0.2) is 28.7 Å². The summed E-state index contributed by atoms with van der Waals surface area (Å²) in [4.78, 5) is 23.2. The van der Waals surface area contributed by atoms with E-state index in [1.54, 1.807) is 0 Å². The van der Waals surface area contributed by atoms with Crippen LogP contribution in [-0.2, 0) is 4.74 Å². The van der Waals surface area contributed by atoms with Crippen LogP contribution in [0.2, 0.25) is 0 Å². The number of ketones is 1. The highest BCUT2D eigenvalue weighted by molar-refractivity contribution is 6.07. The number of benzene rings is 1. The van der Waals surface area contributed by atoms with Gasteiger partial charge in [-0.2, -0.15) is 0 Å². The summed E-state index contributed by atoms with van der Waals surface area (Å²) in [7, 11) is 1.16. The Morgan fingerprint density at radius 3 is 2.40 bits per heavy atom. The number of carbonyl (C=O) groups excluding carboxylic acids is 2. The Labute approximate surface area is 113 Å². The Balaban J connectivity index is 2.39. The molecular formula is C14H10F2O4. The van der Waals surface area contributed by atoms with Crippen molar-refractivity contribution in [2.45, 2.75) is 6.92 Å². The summed E-state index contributed by atoms with van der Waals surface area (Å²) in [6.45, 7) is 1.41. The normalized spacial score (nSPS) is 10.4. The van der Waals surface area contributed by atoms with Crippen molar-refractivity contribution in [1.29, 1.82) is 0 Å². The molecule has 4 nitrogen and oxygen atoms in total. The fraction of sp³-hybridized carbons (Fsp3) is 0.143. The van der Waals surface area contributed by atoms with Crippen LogP contribution in [-0.4, -0.2) is 18.9 Å². The van der Waals surface area contributed by atoms with E-state index in [2.05, 4.69) is 4.74 Å². The van der Waals surface area contributed by atoms with Gasteiger partial charge in [0, 0.05) is 6.07 Å². The molecule has 6 heteroatoms. The molecule has 0 fully saturated rings. The van der Waals surface area contributed by atoms with Gasteiger partial charge in [-0.1, -0.05) is 0 Å². The molecule has 1 aromatic heterocycles. The summed E-state index contributed by atoms with van der Waals surface area (Å²) in [5, 5.41) is 0. The summed E-state index contributed by atoms with van der Waals surface area (Å²) in [6.07, 6.45) is 0. The van der Waals surface area contributed by atoms with Crippen molar-refractivity contribution >= 4 is 11.8 Å². The van der Waals surface area contributed by atoms with E-state index in [-0.39, 0.29) is 22.6 Å². The second kappa shape index (κ2) is 5.24. The summed E-state index contributed by atoms with van der Waals surface area (Å²) in [6, 6.07) is 4.19. The van der Waals surface area contributed by atoms with Crippen LogP contribution in [0.4, 0.5) is 8.78 Å². The van der Waals surface area contributed by atoms with Gasteiger partial charge in [0.05, 0.1) is 12.7 Å². The Bertz CT molecular complexity index is 688. The second-order valence-electron chi connectivity index (χ2n) is 4.07. The molecule has 0 aliphatic heterocycles. The number of halogens is 2. The van der Waals surface area contributed by atoms with Crippen molar-refractivity contribution in [3.05, 3.63) is 58.5 Å². The van der Waals surface area contributed by atoms with E-state index in [9.17, 15) is 18.4 Å². The lowest BCUT2D eigenvalue weighted by Gasteiger charge is -2.03. The summed E-state index contributed by atoms with van der Waals surface area (Å²) in [5.74, 6) is -3.66. The Morgan fingerprint density at radius 2 is 1.75 bits per heavy atom. The van der Waals surface area contributed by atoms with Crippen molar-refractivity contribution in [3.63, 3.8) is 0 Å². The summed E-state index contributed by atoms with van der Waals surface area (Å²) in [5.41, 5.74) is -0.191. The Kier molecular flexibility index (Phi) is 3.65. The number of ether oxygens (including phenoxy) is 1. The third kappa shape index (κ3) is 2.45. The largest absolute Gasteiger partial charge is 0.463 e. The monoisotopic (exact) mass is 280 g/mol. The summed E-state index contributed by atoms with van der Waals surface area (Å²) < 4.78 is 36.2. The van der Waals surface area contributed by atoms with Crippen LogP contribution < -0.4 is 0 Å². The van der Waals surface area contributed by atoms with Crippen molar-refractivity contribution < 1.29 is 27.5 Å². The van der Waals surface area contributed by atoms with E-state index in [1.807, 2.05) is 0 Å². The molecule has 2 aromatic rings. The predicted octanol–water partition coefficient (Wildman–Crippen LogP) is 2.88. The molecule has 0 aliphatic carbocycles. The lowest BCUT2D eigenvalue weighted by Crippen LogP contribution is -2.05. The number of esters is 1. The Hall–Kier alpha value is -2.50. The number of furan rings is 1. The molecule has 104 valence electrons. The third-order valence-corrected chi connectivity index (χ3v) is 2.71. The molecule has 0 bridgehead atoms. The number of methoxy groups -OCH3 is 1. The number of aryl methyl sites for hydroxylation is 1. The first kappa shape index (κ1) is 13.9. The molecule has 1 heterocycles. The zero-order chi connectivity index (χ0) is 14.9. The van der Waals surface area contributed by atoms with Crippen molar-refractivity contribution in [3.8, 4) is 0 Å². The number of hydrogen-bond donors (Lipinski definition) is 0. The second-order valence-corrected chi connectivity index (χ2v) is 4.07. The van der Waals surface area contributed by atoms with E-state index in [4.69, 9.17) is 4.42 Å². The highest BCUT2D eigenvalue weighted by Gasteiger charge is 2.21. The first-order valence-corrected chi connectivity index (χ1v) is 5.62. The highest BCUT2D eigenvalue weighted by atomic mass is 19.1. The van der Waals surface area contributed by atoms with Crippen molar-refractivity contribution in [1.82, 2.24) is 0 Å². The first-order valence-electron chi connectivity index (χ1n) is 5.62. The molecule has 0 N–H and O–H groups in total. The fourth-order valence-electron chi connectivity index (χ4n) is 1.63. The fourth-order valence-corrected chi connectivity index (χ4v) is 1.63. The minimum Gasteiger partial charge on any atom is -0.463 e. The number of rotatable bonds is 3. The van der Waals surface area contributed by atoms with E-state index in [1.165, 1.54) is 19.1 Å². The molecule has 0 radical (unpaired) electrons. The summed E-state index contributed by atoms with van der Waals surface area (Å²) >= 11 is 0. The molecule has 0 amide bonds. The van der Waals surface area contributed by atoms with Gasteiger partial charge in [-0.25, -0.2) is 13.6 Å². The van der Waals surface area contributed by atoms with Gasteiger partial charge in [0.15, 0.2) is 5.76 Å². The number of carbonyl (C=O) groups is 2. The van der Waals surface area contributed by atoms with Gasteiger partial charge in [-0.05, 0) is 30.7 Å². The van der Waals surface area contributed by atoms with E-state index >= 15 is 0 Å². The van der Waals surface area contributed by atoms with Crippen LogP contribution in [0, 0.1) is 18.6 Å². The molecule has 1 aromatic carbocycles. The molecule has 0 spiro atoms. The lowest BCUT2D eigenvalue weighted by atomic mass is 10.1. The average molecular weight is 280 g/mol. The van der Waals surface area contributed by atoms with E-state index in [0.717, 1.165) is 13.2 Å². The smallest absolute Gasteiger partial charge is 0.373 e. The van der Waals surface area contributed by atoms with Crippen LogP contribution in [0.25, 0.3) is 0 Å². The maximum Gasteiger partial charge on any atom is 0.373 e. The van der Waals surface area contributed by atoms with Crippen molar-refractivity contribution in [2.24, 2.45) is 0 Å². The van der Waals surface area contributed by atoms with Crippen LogP contribution in [0.1, 0.15) is 32.2 Å². The molecule has 0 aliphatic rings. The highest BCUT2D eigenvalue weighted by Crippen LogP contribution is 2.19. The van der Waals surface area contributed by atoms with E-state index in [0.29, 0.717) is 6.07 Å².